The lowest BCUT2D eigenvalue weighted by atomic mass is 10.3. The fourth-order valence-corrected chi connectivity index (χ4v) is 1.36. The number of anilines is 1. The molecule has 76 valence electrons. The maximum absolute atomic E-state index is 11.6. The summed E-state index contributed by atoms with van der Waals surface area (Å²) in [6, 6.07) is 9.01. The minimum Gasteiger partial charge on any atom is -0.367 e. The monoisotopic (exact) mass is 218 g/mol. The molecule has 1 aromatic heterocycles. The molecule has 1 amide bonds. The van der Waals surface area contributed by atoms with E-state index in [1.807, 2.05) is 24.3 Å². The Bertz CT molecular complexity index is 448. The maximum Gasteiger partial charge on any atom is 0.257 e. The quantitative estimate of drug-likeness (QED) is 0.666. The molecule has 15 heavy (non-hydrogen) atoms. The van der Waals surface area contributed by atoms with Crippen molar-refractivity contribution in [3.63, 3.8) is 0 Å². The van der Waals surface area contributed by atoms with Gasteiger partial charge in [0.15, 0.2) is 0 Å². The van der Waals surface area contributed by atoms with E-state index >= 15 is 0 Å². The third-order valence-corrected chi connectivity index (χ3v) is 2.28. The van der Waals surface area contributed by atoms with Crippen LogP contribution in [0.1, 0.15) is 10.4 Å². The van der Waals surface area contributed by atoms with Gasteiger partial charge in [-0.1, -0.05) is 0 Å². The molecule has 2 N–H and O–H groups in total. The molecule has 0 aliphatic rings. The number of hydrogen-bond donors (Lipinski definition) is 3. The Morgan fingerprint density at radius 3 is 2.53 bits per heavy atom. The van der Waals surface area contributed by atoms with Crippen LogP contribution in [-0.2, 0) is 0 Å². The number of rotatable bonds is 2. The highest BCUT2D eigenvalue weighted by molar-refractivity contribution is 7.80. The molecule has 0 aliphatic heterocycles. The van der Waals surface area contributed by atoms with Gasteiger partial charge in [-0.05, 0) is 30.3 Å². The average molecular weight is 218 g/mol. The third kappa shape index (κ3) is 2.41. The van der Waals surface area contributed by atoms with E-state index in [1.165, 1.54) is 0 Å². The summed E-state index contributed by atoms with van der Waals surface area (Å²) in [6.07, 6.45) is 3.37. The van der Waals surface area contributed by atoms with Crippen LogP contribution in [-0.4, -0.2) is 10.9 Å². The molecule has 3 nitrogen and oxygen atoms in total. The zero-order valence-corrected chi connectivity index (χ0v) is 8.79. The number of aromatic amines is 1. The molecule has 0 saturated heterocycles. The summed E-state index contributed by atoms with van der Waals surface area (Å²) in [5, 5.41) is 2.78. The smallest absolute Gasteiger partial charge is 0.257 e. The summed E-state index contributed by atoms with van der Waals surface area (Å²) in [5.74, 6) is -0.122. The highest BCUT2D eigenvalue weighted by atomic mass is 32.1. The van der Waals surface area contributed by atoms with Gasteiger partial charge in [-0.3, -0.25) is 4.79 Å². The Balaban J connectivity index is 2.09. The molecule has 1 aromatic carbocycles. The number of amides is 1. The second-order valence-electron chi connectivity index (χ2n) is 3.10. The molecule has 0 radical (unpaired) electrons. The number of hydrogen-bond acceptors (Lipinski definition) is 2. The Morgan fingerprint density at radius 2 is 1.93 bits per heavy atom. The predicted molar refractivity (Wildman–Crippen MR) is 62.4 cm³/mol. The van der Waals surface area contributed by atoms with Gasteiger partial charge in [0.05, 0.1) is 5.56 Å². The highest BCUT2D eigenvalue weighted by Gasteiger charge is 2.05. The summed E-state index contributed by atoms with van der Waals surface area (Å²) < 4.78 is 0. The lowest BCUT2D eigenvalue weighted by Gasteiger charge is -2.03. The number of carbonyl (C=O) groups is 1. The van der Waals surface area contributed by atoms with E-state index in [-0.39, 0.29) is 5.91 Å². The largest absolute Gasteiger partial charge is 0.367 e. The van der Waals surface area contributed by atoms with Crippen LogP contribution in [0.3, 0.4) is 0 Å². The zero-order valence-electron chi connectivity index (χ0n) is 7.90. The van der Waals surface area contributed by atoms with Gasteiger partial charge in [0, 0.05) is 23.0 Å². The van der Waals surface area contributed by atoms with Crippen molar-refractivity contribution in [3.05, 3.63) is 48.3 Å². The minimum atomic E-state index is -0.122. The fourth-order valence-electron chi connectivity index (χ4n) is 1.21. The van der Waals surface area contributed by atoms with Gasteiger partial charge < -0.3 is 10.3 Å². The van der Waals surface area contributed by atoms with Gasteiger partial charge in [-0.2, -0.15) is 0 Å². The SMILES string of the molecule is O=C(Nc1ccc(S)cc1)c1cc[nH]c1. The van der Waals surface area contributed by atoms with Gasteiger partial charge in [0.25, 0.3) is 5.91 Å². The first-order chi connectivity index (χ1) is 7.25. The Hall–Kier alpha value is -1.68. The summed E-state index contributed by atoms with van der Waals surface area (Å²) in [6.45, 7) is 0. The predicted octanol–water partition coefficient (Wildman–Crippen LogP) is 2.56. The summed E-state index contributed by atoms with van der Waals surface area (Å²) >= 11 is 4.16. The lowest BCUT2D eigenvalue weighted by Crippen LogP contribution is -2.10. The van der Waals surface area contributed by atoms with E-state index in [2.05, 4.69) is 22.9 Å². The first kappa shape index (κ1) is 9.86. The van der Waals surface area contributed by atoms with Gasteiger partial charge in [0.2, 0.25) is 0 Å². The first-order valence-electron chi connectivity index (χ1n) is 4.49. The third-order valence-electron chi connectivity index (χ3n) is 1.99. The molecule has 0 bridgehead atoms. The van der Waals surface area contributed by atoms with Crippen LogP contribution in [0.25, 0.3) is 0 Å². The molecule has 2 rings (SSSR count). The van der Waals surface area contributed by atoms with Crippen molar-refractivity contribution in [2.45, 2.75) is 4.90 Å². The zero-order chi connectivity index (χ0) is 10.7. The molecule has 2 aromatic rings. The van der Waals surface area contributed by atoms with Gasteiger partial charge in [-0.25, -0.2) is 0 Å². The van der Waals surface area contributed by atoms with Gasteiger partial charge in [-0.15, -0.1) is 12.6 Å². The molecule has 0 fully saturated rings. The lowest BCUT2D eigenvalue weighted by molar-refractivity contribution is 0.102. The van der Waals surface area contributed by atoms with Crippen molar-refractivity contribution in [2.24, 2.45) is 0 Å². The Morgan fingerprint density at radius 1 is 1.20 bits per heavy atom. The van der Waals surface area contributed by atoms with Crippen LogP contribution in [0.5, 0.6) is 0 Å². The van der Waals surface area contributed by atoms with Crippen molar-refractivity contribution in [3.8, 4) is 0 Å². The van der Waals surface area contributed by atoms with Crippen LogP contribution in [0.4, 0.5) is 5.69 Å². The number of carbonyl (C=O) groups excluding carboxylic acids is 1. The van der Waals surface area contributed by atoms with E-state index in [0.29, 0.717) is 5.56 Å². The van der Waals surface area contributed by atoms with Crippen molar-refractivity contribution in [2.75, 3.05) is 5.32 Å². The number of benzene rings is 1. The van der Waals surface area contributed by atoms with Crippen LogP contribution >= 0.6 is 12.6 Å². The fraction of sp³-hybridized carbons (Fsp3) is 0. The summed E-state index contributed by atoms with van der Waals surface area (Å²) in [5.41, 5.74) is 1.38. The number of nitrogens with one attached hydrogen (secondary N) is 2. The van der Waals surface area contributed by atoms with Gasteiger partial charge >= 0.3 is 0 Å². The van der Waals surface area contributed by atoms with Gasteiger partial charge in [0.1, 0.15) is 0 Å². The molecule has 0 atom stereocenters. The molecular weight excluding hydrogens is 208 g/mol. The molecular formula is C11H10N2OS. The average Bonchev–Trinajstić information content (AvgIpc) is 2.74. The van der Waals surface area contributed by atoms with Crippen molar-refractivity contribution in [1.82, 2.24) is 4.98 Å². The first-order valence-corrected chi connectivity index (χ1v) is 4.93. The highest BCUT2D eigenvalue weighted by Crippen LogP contribution is 2.13. The standard InChI is InChI=1S/C11H10N2OS/c14-11(8-5-6-12-7-8)13-9-1-3-10(15)4-2-9/h1-7,12,15H,(H,13,14). The van der Waals surface area contributed by atoms with Crippen molar-refractivity contribution in [1.29, 1.82) is 0 Å². The summed E-state index contributed by atoms with van der Waals surface area (Å²) in [4.78, 5) is 15.3. The summed E-state index contributed by atoms with van der Waals surface area (Å²) in [7, 11) is 0. The number of aromatic nitrogens is 1. The van der Waals surface area contributed by atoms with E-state index in [1.54, 1.807) is 18.5 Å². The Labute approximate surface area is 92.9 Å². The van der Waals surface area contributed by atoms with Crippen LogP contribution < -0.4 is 5.32 Å². The molecule has 0 aliphatic carbocycles. The second kappa shape index (κ2) is 4.23. The topological polar surface area (TPSA) is 44.9 Å². The van der Waals surface area contributed by atoms with Crippen LogP contribution in [0, 0.1) is 0 Å². The van der Waals surface area contributed by atoms with Crippen LogP contribution in [0.15, 0.2) is 47.6 Å². The second-order valence-corrected chi connectivity index (χ2v) is 3.62. The maximum atomic E-state index is 11.6. The van der Waals surface area contributed by atoms with Crippen molar-refractivity contribution >= 4 is 24.2 Å². The molecule has 1 heterocycles. The minimum absolute atomic E-state index is 0.122. The molecule has 0 saturated carbocycles. The Kier molecular flexibility index (Phi) is 2.78. The van der Waals surface area contributed by atoms with E-state index in [9.17, 15) is 4.79 Å². The number of thiol groups is 1. The van der Waals surface area contributed by atoms with E-state index < -0.39 is 0 Å². The van der Waals surface area contributed by atoms with E-state index in [4.69, 9.17) is 0 Å². The van der Waals surface area contributed by atoms with Crippen LogP contribution in [0.2, 0.25) is 0 Å². The van der Waals surface area contributed by atoms with Crippen molar-refractivity contribution < 1.29 is 4.79 Å². The normalized spacial score (nSPS) is 9.93. The molecule has 0 spiro atoms. The van der Waals surface area contributed by atoms with E-state index in [0.717, 1.165) is 10.6 Å². The molecule has 4 heteroatoms. The number of H-pyrrole nitrogens is 1. The molecule has 0 unspecified atom stereocenters.